The third kappa shape index (κ3) is 4.55. The van der Waals surface area contributed by atoms with Crippen molar-refractivity contribution in [3.8, 4) is 0 Å². The molecule has 0 saturated carbocycles. The number of aromatic nitrogens is 1. The summed E-state index contributed by atoms with van der Waals surface area (Å²) in [5.41, 5.74) is 0.524. The Labute approximate surface area is 107 Å². The van der Waals surface area contributed by atoms with Gasteiger partial charge in [0.1, 0.15) is 0 Å². The minimum Gasteiger partial charge on any atom is -0.338 e. The van der Waals surface area contributed by atoms with E-state index in [1.807, 2.05) is 20.8 Å². The number of nitrogens with one attached hydrogen (secondary N) is 1. The lowest BCUT2D eigenvalue weighted by atomic mass is 9.92. The van der Waals surface area contributed by atoms with E-state index >= 15 is 0 Å². The maximum absolute atomic E-state index is 11.6. The van der Waals surface area contributed by atoms with Gasteiger partial charge in [-0.25, -0.2) is 8.42 Å². The first-order chi connectivity index (χ1) is 7.74. The van der Waals surface area contributed by atoms with E-state index in [-0.39, 0.29) is 17.1 Å². The summed E-state index contributed by atoms with van der Waals surface area (Å²) in [6.45, 7) is 5.91. The Morgan fingerprint density at radius 3 is 2.59 bits per heavy atom. The zero-order valence-electron chi connectivity index (χ0n) is 10.2. The number of nitrogens with zero attached hydrogens (tertiary/aromatic N) is 1. The van der Waals surface area contributed by atoms with Gasteiger partial charge in [0.05, 0.1) is 11.4 Å². The molecule has 0 aromatic carbocycles. The van der Waals surface area contributed by atoms with E-state index < -0.39 is 10.0 Å². The van der Waals surface area contributed by atoms with Gasteiger partial charge in [-0.15, -0.1) is 11.6 Å². The van der Waals surface area contributed by atoms with Gasteiger partial charge in [0, 0.05) is 17.4 Å². The van der Waals surface area contributed by atoms with Crippen molar-refractivity contribution in [3.63, 3.8) is 0 Å². The molecule has 98 valence electrons. The third-order valence-electron chi connectivity index (χ3n) is 2.08. The molecule has 0 aliphatic rings. The molecule has 0 amide bonds. The van der Waals surface area contributed by atoms with Crippen molar-refractivity contribution in [3.05, 3.63) is 11.8 Å². The molecule has 17 heavy (non-hydrogen) atoms. The molecule has 0 spiro atoms. The quantitative estimate of drug-likeness (QED) is 0.840. The van der Waals surface area contributed by atoms with Gasteiger partial charge in [0.15, 0.2) is 0 Å². The standard InChI is InChI=1S/C10H17ClN2O3S/c1-10(2,3)8-7-9(16-12-8)13-17(14,15)6-4-5-11/h7,13H,4-6H2,1-3H3. The molecule has 1 rings (SSSR count). The van der Waals surface area contributed by atoms with Crippen molar-refractivity contribution >= 4 is 27.5 Å². The molecule has 0 aliphatic heterocycles. The number of halogens is 1. The second-order valence-corrected chi connectivity index (χ2v) is 7.01. The highest BCUT2D eigenvalue weighted by Crippen LogP contribution is 2.24. The molecule has 5 nitrogen and oxygen atoms in total. The van der Waals surface area contributed by atoms with E-state index in [4.69, 9.17) is 16.1 Å². The summed E-state index contributed by atoms with van der Waals surface area (Å²) in [4.78, 5) is 0. The molecule has 1 N–H and O–H groups in total. The normalized spacial score (nSPS) is 12.7. The van der Waals surface area contributed by atoms with Crippen molar-refractivity contribution in [2.45, 2.75) is 32.6 Å². The summed E-state index contributed by atoms with van der Waals surface area (Å²) >= 11 is 5.45. The van der Waals surface area contributed by atoms with Crippen LogP contribution in [0, 0.1) is 0 Å². The van der Waals surface area contributed by atoms with Gasteiger partial charge in [-0.1, -0.05) is 25.9 Å². The number of hydrogen-bond acceptors (Lipinski definition) is 4. The summed E-state index contributed by atoms with van der Waals surface area (Å²) in [7, 11) is -3.40. The van der Waals surface area contributed by atoms with E-state index in [9.17, 15) is 8.42 Å². The fourth-order valence-corrected chi connectivity index (χ4v) is 2.45. The first kappa shape index (κ1) is 14.3. The first-order valence-corrected chi connectivity index (χ1v) is 7.47. The minimum atomic E-state index is -3.40. The van der Waals surface area contributed by atoms with Crippen LogP contribution in [0.2, 0.25) is 0 Å². The monoisotopic (exact) mass is 280 g/mol. The lowest BCUT2D eigenvalue weighted by Gasteiger charge is -2.12. The Bertz CT molecular complexity index is 462. The number of sulfonamides is 1. The fourth-order valence-electron chi connectivity index (χ4n) is 1.13. The SMILES string of the molecule is CC(C)(C)c1cc(NS(=O)(=O)CCCCl)on1. The van der Waals surface area contributed by atoms with E-state index in [2.05, 4.69) is 9.88 Å². The highest BCUT2D eigenvalue weighted by atomic mass is 35.5. The van der Waals surface area contributed by atoms with Crippen molar-refractivity contribution in [2.24, 2.45) is 0 Å². The molecule has 0 saturated heterocycles. The minimum absolute atomic E-state index is 0.0257. The van der Waals surface area contributed by atoms with Crippen LogP contribution in [0.5, 0.6) is 0 Å². The van der Waals surface area contributed by atoms with Gasteiger partial charge >= 0.3 is 0 Å². The van der Waals surface area contributed by atoms with E-state index in [0.717, 1.165) is 0 Å². The van der Waals surface area contributed by atoms with Crippen LogP contribution >= 0.6 is 11.6 Å². The van der Waals surface area contributed by atoms with Gasteiger partial charge in [-0.05, 0) is 6.42 Å². The number of hydrogen-bond donors (Lipinski definition) is 1. The zero-order chi connectivity index (χ0) is 13.1. The average Bonchev–Trinajstić information content (AvgIpc) is 2.62. The maximum atomic E-state index is 11.6. The van der Waals surface area contributed by atoms with Crippen LogP contribution in [-0.4, -0.2) is 25.2 Å². The van der Waals surface area contributed by atoms with E-state index in [1.54, 1.807) is 6.07 Å². The summed E-state index contributed by atoms with van der Waals surface area (Å²) in [5.74, 6) is 0.427. The van der Waals surface area contributed by atoms with E-state index in [0.29, 0.717) is 18.0 Å². The molecule has 1 aromatic rings. The Balaban J connectivity index is 2.73. The highest BCUT2D eigenvalue weighted by molar-refractivity contribution is 7.92. The van der Waals surface area contributed by atoms with Crippen molar-refractivity contribution < 1.29 is 12.9 Å². The number of alkyl halides is 1. The van der Waals surface area contributed by atoms with Crippen LogP contribution in [0.3, 0.4) is 0 Å². The van der Waals surface area contributed by atoms with Crippen LogP contribution in [0.25, 0.3) is 0 Å². The van der Waals surface area contributed by atoms with Crippen LogP contribution in [-0.2, 0) is 15.4 Å². The summed E-state index contributed by atoms with van der Waals surface area (Å²) < 4.78 is 30.4. The van der Waals surface area contributed by atoms with Gasteiger partial charge in [-0.2, -0.15) is 0 Å². The Hall–Kier alpha value is -0.750. The second kappa shape index (κ2) is 5.27. The van der Waals surface area contributed by atoms with Crippen molar-refractivity contribution in [2.75, 3.05) is 16.4 Å². The summed E-state index contributed by atoms with van der Waals surface area (Å²) in [6, 6.07) is 1.60. The fraction of sp³-hybridized carbons (Fsp3) is 0.700. The predicted octanol–water partition coefficient (Wildman–Crippen LogP) is 2.34. The smallest absolute Gasteiger partial charge is 0.238 e. The van der Waals surface area contributed by atoms with Crippen LogP contribution < -0.4 is 4.72 Å². The van der Waals surface area contributed by atoms with Gasteiger partial charge in [0.2, 0.25) is 15.9 Å². The van der Waals surface area contributed by atoms with Crippen LogP contribution in [0.4, 0.5) is 5.88 Å². The van der Waals surface area contributed by atoms with Crippen molar-refractivity contribution in [1.82, 2.24) is 5.16 Å². The second-order valence-electron chi connectivity index (χ2n) is 4.79. The molecule has 1 aromatic heterocycles. The van der Waals surface area contributed by atoms with Gasteiger partial charge < -0.3 is 4.52 Å². The van der Waals surface area contributed by atoms with Crippen molar-refractivity contribution in [1.29, 1.82) is 0 Å². The van der Waals surface area contributed by atoms with Gasteiger partial charge in [0.25, 0.3) is 0 Å². The lowest BCUT2D eigenvalue weighted by Crippen LogP contribution is -2.16. The topological polar surface area (TPSA) is 72.2 Å². The molecular weight excluding hydrogens is 264 g/mol. The van der Waals surface area contributed by atoms with Crippen LogP contribution in [0.1, 0.15) is 32.9 Å². The molecule has 0 unspecified atom stereocenters. The largest absolute Gasteiger partial charge is 0.338 e. The molecule has 1 heterocycles. The predicted molar refractivity (Wildman–Crippen MR) is 67.9 cm³/mol. The van der Waals surface area contributed by atoms with Gasteiger partial charge in [-0.3, -0.25) is 4.72 Å². The van der Waals surface area contributed by atoms with E-state index in [1.165, 1.54) is 0 Å². The zero-order valence-corrected chi connectivity index (χ0v) is 11.7. The summed E-state index contributed by atoms with van der Waals surface area (Å²) in [5, 5.41) is 3.82. The lowest BCUT2D eigenvalue weighted by molar-refractivity contribution is 0.405. The summed E-state index contributed by atoms with van der Waals surface area (Å²) in [6.07, 6.45) is 0.400. The molecular formula is C10H17ClN2O3S. The molecule has 0 fully saturated rings. The maximum Gasteiger partial charge on any atom is 0.238 e. The van der Waals surface area contributed by atoms with Crippen LogP contribution in [0.15, 0.2) is 10.6 Å². The molecule has 0 bridgehead atoms. The number of anilines is 1. The molecule has 0 aliphatic carbocycles. The highest BCUT2D eigenvalue weighted by Gasteiger charge is 2.20. The number of rotatable bonds is 5. The molecule has 7 heteroatoms. The molecule has 0 radical (unpaired) electrons. The molecule has 0 atom stereocenters. The Kier molecular flexibility index (Phi) is 4.43. The first-order valence-electron chi connectivity index (χ1n) is 5.28. The Morgan fingerprint density at radius 2 is 2.12 bits per heavy atom. The Morgan fingerprint density at radius 1 is 1.47 bits per heavy atom. The average molecular weight is 281 g/mol. The third-order valence-corrected chi connectivity index (χ3v) is 3.69.